The van der Waals surface area contributed by atoms with Gasteiger partial charge in [0.1, 0.15) is 5.65 Å². The molecule has 26 heavy (non-hydrogen) atoms. The van der Waals surface area contributed by atoms with Gasteiger partial charge in [-0.2, -0.15) is 0 Å². The summed E-state index contributed by atoms with van der Waals surface area (Å²) in [6.45, 7) is 2.46. The van der Waals surface area contributed by atoms with Gasteiger partial charge in [0.25, 0.3) is 0 Å². The van der Waals surface area contributed by atoms with Gasteiger partial charge in [-0.25, -0.2) is 9.78 Å². The number of rotatable bonds is 3. The van der Waals surface area contributed by atoms with E-state index >= 15 is 0 Å². The normalized spacial score (nSPS) is 18.5. The van der Waals surface area contributed by atoms with E-state index in [0.29, 0.717) is 5.92 Å². The van der Waals surface area contributed by atoms with Crippen molar-refractivity contribution in [2.45, 2.75) is 31.6 Å². The van der Waals surface area contributed by atoms with Gasteiger partial charge in [-0.3, -0.25) is 4.98 Å². The fraction of sp³-hybridized carbons (Fsp3) is 0.450. The molecule has 6 heteroatoms. The maximum Gasteiger partial charge on any atom is 0.317 e. The highest BCUT2D eigenvalue weighted by molar-refractivity contribution is 6.05. The molecule has 1 saturated heterocycles. The first-order valence-electron chi connectivity index (χ1n) is 9.53. The topological polar surface area (TPSA) is 73.9 Å². The standard InChI is InChI=1S/C20H23N5O/c26-20(24-10-13-3-4-13)25-8-5-14(6-9-25)16-11-22-19-18(16)15-2-1-7-21-17(15)12-23-19/h1-2,7,11-14H,3-6,8-10H2,(H,22,23)(H,24,26). The quantitative estimate of drug-likeness (QED) is 0.761. The zero-order chi connectivity index (χ0) is 17.5. The third-order valence-electron chi connectivity index (χ3n) is 5.77. The van der Waals surface area contributed by atoms with Crippen LogP contribution in [0, 0.1) is 5.92 Å². The largest absolute Gasteiger partial charge is 0.346 e. The van der Waals surface area contributed by atoms with Crippen LogP contribution in [0.25, 0.3) is 21.9 Å². The number of nitrogens with one attached hydrogen (secondary N) is 2. The van der Waals surface area contributed by atoms with Crippen molar-refractivity contribution >= 4 is 28.0 Å². The number of carbonyl (C=O) groups excluding carboxylic acids is 1. The second-order valence-corrected chi connectivity index (χ2v) is 7.55. The van der Waals surface area contributed by atoms with Crippen LogP contribution in [0.1, 0.15) is 37.2 Å². The smallest absolute Gasteiger partial charge is 0.317 e. The molecule has 0 unspecified atom stereocenters. The number of pyridine rings is 2. The lowest BCUT2D eigenvalue weighted by atomic mass is 9.89. The molecular weight excluding hydrogens is 326 g/mol. The maximum atomic E-state index is 12.3. The molecule has 0 aromatic carbocycles. The van der Waals surface area contributed by atoms with E-state index < -0.39 is 0 Å². The molecular formula is C20H23N5O. The number of piperidine rings is 1. The Balaban J connectivity index is 1.35. The third-order valence-corrected chi connectivity index (χ3v) is 5.77. The van der Waals surface area contributed by atoms with Gasteiger partial charge in [0.05, 0.1) is 11.7 Å². The van der Waals surface area contributed by atoms with Crippen molar-refractivity contribution in [1.82, 2.24) is 25.2 Å². The highest BCUT2D eigenvalue weighted by atomic mass is 16.2. The number of carbonyl (C=O) groups is 1. The van der Waals surface area contributed by atoms with Crippen LogP contribution in [-0.4, -0.2) is 45.5 Å². The first-order chi connectivity index (χ1) is 12.8. The SMILES string of the molecule is O=C(NCC1CC1)N1CCC(c2c[nH]c3ncc4ncccc4c23)CC1. The van der Waals surface area contributed by atoms with Gasteiger partial charge >= 0.3 is 6.03 Å². The zero-order valence-corrected chi connectivity index (χ0v) is 14.7. The number of hydrogen-bond donors (Lipinski definition) is 2. The monoisotopic (exact) mass is 349 g/mol. The molecule has 3 aromatic heterocycles. The summed E-state index contributed by atoms with van der Waals surface area (Å²) in [5.74, 6) is 1.17. The second kappa shape index (κ2) is 6.27. The maximum absolute atomic E-state index is 12.3. The molecule has 1 saturated carbocycles. The van der Waals surface area contributed by atoms with Crippen molar-refractivity contribution in [2.24, 2.45) is 5.92 Å². The summed E-state index contributed by atoms with van der Waals surface area (Å²) >= 11 is 0. The van der Waals surface area contributed by atoms with Gasteiger partial charge in [0, 0.05) is 42.8 Å². The Bertz CT molecular complexity index is 953. The fourth-order valence-corrected chi connectivity index (χ4v) is 4.05. The number of likely N-dealkylation sites (tertiary alicyclic amines) is 1. The van der Waals surface area contributed by atoms with Crippen LogP contribution < -0.4 is 5.32 Å². The minimum Gasteiger partial charge on any atom is -0.346 e. The number of fused-ring (bicyclic) bond motifs is 3. The predicted octanol–water partition coefficient (Wildman–Crippen LogP) is 3.41. The number of amides is 2. The summed E-state index contributed by atoms with van der Waals surface area (Å²) in [4.78, 5) is 26.5. The van der Waals surface area contributed by atoms with Gasteiger partial charge in [0.2, 0.25) is 0 Å². The lowest BCUT2D eigenvalue weighted by Crippen LogP contribution is -2.44. The molecule has 0 spiro atoms. The highest BCUT2D eigenvalue weighted by Crippen LogP contribution is 2.35. The van der Waals surface area contributed by atoms with E-state index in [9.17, 15) is 4.79 Å². The molecule has 6 nitrogen and oxygen atoms in total. The van der Waals surface area contributed by atoms with Gasteiger partial charge in [-0.15, -0.1) is 0 Å². The average Bonchev–Trinajstić information content (AvgIpc) is 3.42. The molecule has 2 fully saturated rings. The summed E-state index contributed by atoms with van der Waals surface area (Å²) in [7, 11) is 0. The summed E-state index contributed by atoms with van der Waals surface area (Å²) in [5.41, 5.74) is 3.16. The lowest BCUT2D eigenvalue weighted by Gasteiger charge is -2.32. The fourth-order valence-electron chi connectivity index (χ4n) is 4.05. The predicted molar refractivity (Wildman–Crippen MR) is 101 cm³/mol. The van der Waals surface area contributed by atoms with Crippen molar-refractivity contribution in [3.63, 3.8) is 0 Å². The molecule has 1 aliphatic carbocycles. The summed E-state index contributed by atoms with van der Waals surface area (Å²) in [6, 6.07) is 4.20. The number of urea groups is 1. The molecule has 2 N–H and O–H groups in total. The molecule has 3 aromatic rings. The van der Waals surface area contributed by atoms with Crippen LogP contribution in [0.2, 0.25) is 0 Å². The van der Waals surface area contributed by atoms with E-state index in [1.165, 1.54) is 23.8 Å². The van der Waals surface area contributed by atoms with Crippen LogP contribution in [-0.2, 0) is 0 Å². The van der Waals surface area contributed by atoms with Crippen molar-refractivity contribution in [3.05, 3.63) is 36.3 Å². The van der Waals surface area contributed by atoms with E-state index in [0.717, 1.165) is 54.9 Å². The third kappa shape index (κ3) is 2.79. The van der Waals surface area contributed by atoms with Gasteiger partial charge in [0.15, 0.2) is 0 Å². The molecule has 0 atom stereocenters. The summed E-state index contributed by atoms with van der Waals surface area (Å²) < 4.78 is 0. The van der Waals surface area contributed by atoms with Crippen LogP contribution in [0.3, 0.4) is 0 Å². The van der Waals surface area contributed by atoms with Crippen molar-refractivity contribution in [2.75, 3.05) is 19.6 Å². The molecule has 5 rings (SSSR count). The van der Waals surface area contributed by atoms with Crippen molar-refractivity contribution in [1.29, 1.82) is 0 Å². The van der Waals surface area contributed by atoms with Crippen LogP contribution >= 0.6 is 0 Å². The Kier molecular flexibility index (Phi) is 3.76. The Morgan fingerprint density at radius 3 is 2.88 bits per heavy atom. The Morgan fingerprint density at radius 2 is 2.08 bits per heavy atom. The first kappa shape index (κ1) is 15.6. The molecule has 1 aliphatic heterocycles. The molecule has 0 bridgehead atoms. The number of aromatic amines is 1. The summed E-state index contributed by atoms with van der Waals surface area (Å²) in [6.07, 6.45) is 10.2. The Hall–Kier alpha value is -2.63. The lowest BCUT2D eigenvalue weighted by molar-refractivity contribution is 0.181. The molecule has 0 radical (unpaired) electrons. The van der Waals surface area contributed by atoms with E-state index in [1.807, 2.05) is 17.2 Å². The number of aromatic nitrogens is 3. The van der Waals surface area contributed by atoms with Gasteiger partial charge < -0.3 is 15.2 Å². The average molecular weight is 349 g/mol. The Morgan fingerprint density at radius 1 is 1.23 bits per heavy atom. The minimum atomic E-state index is 0.102. The zero-order valence-electron chi connectivity index (χ0n) is 14.7. The number of H-pyrrole nitrogens is 1. The molecule has 134 valence electrons. The summed E-state index contributed by atoms with van der Waals surface area (Å²) in [5, 5.41) is 5.42. The van der Waals surface area contributed by atoms with Gasteiger partial charge in [-0.1, -0.05) is 6.07 Å². The minimum absolute atomic E-state index is 0.102. The van der Waals surface area contributed by atoms with Crippen molar-refractivity contribution < 1.29 is 4.79 Å². The molecule has 2 aliphatic rings. The molecule has 4 heterocycles. The van der Waals surface area contributed by atoms with Crippen LogP contribution in [0.5, 0.6) is 0 Å². The Labute approximate surface area is 152 Å². The van der Waals surface area contributed by atoms with E-state index in [1.54, 1.807) is 6.20 Å². The van der Waals surface area contributed by atoms with E-state index in [4.69, 9.17) is 0 Å². The first-order valence-corrected chi connectivity index (χ1v) is 9.53. The van der Waals surface area contributed by atoms with Gasteiger partial charge in [-0.05, 0) is 49.1 Å². The van der Waals surface area contributed by atoms with Crippen LogP contribution in [0.15, 0.2) is 30.7 Å². The van der Waals surface area contributed by atoms with Crippen molar-refractivity contribution in [3.8, 4) is 0 Å². The number of nitrogens with zero attached hydrogens (tertiary/aromatic N) is 3. The second-order valence-electron chi connectivity index (χ2n) is 7.55. The van der Waals surface area contributed by atoms with Crippen LogP contribution in [0.4, 0.5) is 4.79 Å². The van der Waals surface area contributed by atoms with E-state index in [2.05, 4.69) is 32.5 Å². The molecule has 2 amide bonds. The number of hydrogen-bond acceptors (Lipinski definition) is 3. The highest BCUT2D eigenvalue weighted by Gasteiger charge is 2.27. The van der Waals surface area contributed by atoms with E-state index in [-0.39, 0.29) is 6.03 Å².